The van der Waals surface area contributed by atoms with Crippen molar-refractivity contribution < 1.29 is 19.1 Å². The molecule has 1 N–H and O–H groups in total. The molecule has 2 aromatic carbocycles. The molecule has 0 bridgehead atoms. The first-order valence-corrected chi connectivity index (χ1v) is 8.13. The fourth-order valence-corrected chi connectivity index (χ4v) is 2.40. The van der Waals surface area contributed by atoms with Crippen LogP contribution in [0.4, 0.5) is 5.69 Å². The SMILES string of the molecule is COc1ccc(Cl)cc1CC(=O)O[C@H](C)C(=O)Nc1ccc(C#N)cc1. The van der Waals surface area contributed by atoms with E-state index in [-0.39, 0.29) is 6.42 Å². The molecule has 1 atom stereocenters. The van der Waals surface area contributed by atoms with E-state index < -0.39 is 18.0 Å². The summed E-state index contributed by atoms with van der Waals surface area (Å²) in [6.07, 6.45) is -1.05. The Bertz CT molecular complexity index is 844. The van der Waals surface area contributed by atoms with E-state index in [1.165, 1.54) is 14.0 Å². The predicted molar refractivity (Wildman–Crippen MR) is 97.0 cm³/mol. The highest BCUT2D eigenvalue weighted by molar-refractivity contribution is 6.30. The minimum atomic E-state index is -0.983. The number of benzene rings is 2. The van der Waals surface area contributed by atoms with Crippen LogP contribution in [0.3, 0.4) is 0 Å². The number of nitrogens with one attached hydrogen (secondary N) is 1. The van der Waals surface area contributed by atoms with Gasteiger partial charge < -0.3 is 14.8 Å². The topological polar surface area (TPSA) is 88.4 Å². The second-order valence-corrected chi connectivity index (χ2v) is 5.88. The molecular weight excluding hydrogens is 356 g/mol. The van der Waals surface area contributed by atoms with Gasteiger partial charge in [0.25, 0.3) is 5.91 Å². The summed E-state index contributed by atoms with van der Waals surface area (Å²) in [7, 11) is 1.49. The Morgan fingerprint density at radius 1 is 1.23 bits per heavy atom. The number of esters is 1. The quantitative estimate of drug-likeness (QED) is 0.785. The largest absolute Gasteiger partial charge is 0.496 e. The molecule has 0 aromatic heterocycles. The highest BCUT2D eigenvalue weighted by atomic mass is 35.5. The lowest BCUT2D eigenvalue weighted by Gasteiger charge is -2.14. The average molecular weight is 373 g/mol. The van der Waals surface area contributed by atoms with E-state index in [2.05, 4.69) is 5.32 Å². The number of nitriles is 1. The lowest BCUT2D eigenvalue weighted by molar-refractivity contribution is -0.152. The first kappa shape index (κ1) is 19.3. The third-order valence-electron chi connectivity index (χ3n) is 3.54. The molecule has 0 radical (unpaired) electrons. The Morgan fingerprint density at radius 2 is 1.92 bits per heavy atom. The molecule has 0 aliphatic rings. The van der Waals surface area contributed by atoms with Gasteiger partial charge in [-0.1, -0.05) is 11.6 Å². The van der Waals surface area contributed by atoms with E-state index in [0.717, 1.165) is 0 Å². The van der Waals surface area contributed by atoms with Crippen molar-refractivity contribution in [2.45, 2.75) is 19.4 Å². The number of ether oxygens (including phenoxy) is 2. The minimum absolute atomic E-state index is 0.0712. The molecule has 0 heterocycles. The van der Waals surface area contributed by atoms with Crippen molar-refractivity contribution in [3.8, 4) is 11.8 Å². The van der Waals surface area contributed by atoms with Crippen LogP contribution >= 0.6 is 11.6 Å². The van der Waals surface area contributed by atoms with Gasteiger partial charge in [-0.3, -0.25) is 9.59 Å². The number of carbonyl (C=O) groups is 2. The van der Waals surface area contributed by atoms with Gasteiger partial charge in [0.05, 0.1) is 25.2 Å². The van der Waals surface area contributed by atoms with Crippen molar-refractivity contribution in [1.29, 1.82) is 5.26 Å². The first-order valence-electron chi connectivity index (χ1n) is 7.76. The van der Waals surface area contributed by atoms with Crippen LogP contribution in [0.5, 0.6) is 5.75 Å². The maximum Gasteiger partial charge on any atom is 0.311 e. The van der Waals surface area contributed by atoms with E-state index in [1.807, 2.05) is 6.07 Å². The number of nitrogens with zero attached hydrogens (tertiary/aromatic N) is 1. The molecule has 0 aliphatic carbocycles. The number of hydrogen-bond acceptors (Lipinski definition) is 5. The Morgan fingerprint density at radius 3 is 2.54 bits per heavy atom. The van der Waals surface area contributed by atoms with Gasteiger partial charge in [0.1, 0.15) is 5.75 Å². The lowest BCUT2D eigenvalue weighted by atomic mass is 10.1. The summed E-state index contributed by atoms with van der Waals surface area (Å²) < 4.78 is 10.4. The number of anilines is 1. The monoisotopic (exact) mass is 372 g/mol. The highest BCUT2D eigenvalue weighted by Gasteiger charge is 2.19. The highest BCUT2D eigenvalue weighted by Crippen LogP contribution is 2.23. The maximum absolute atomic E-state index is 12.1. The van der Waals surface area contributed by atoms with Crippen LogP contribution in [0.2, 0.25) is 5.02 Å². The van der Waals surface area contributed by atoms with Crippen molar-refractivity contribution >= 4 is 29.2 Å². The average Bonchev–Trinajstić information content (AvgIpc) is 2.62. The van der Waals surface area contributed by atoms with Gasteiger partial charge in [-0.2, -0.15) is 5.26 Å². The standard InChI is InChI=1S/C19H17ClN2O4/c1-12(19(24)22-16-6-3-13(11-21)4-7-16)26-18(23)10-14-9-15(20)5-8-17(14)25-2/h3-9,12H,10H2,1-2H3,(H,22,24)/t12-/m1/s1. The number of carbonyl (C=O) groups excluding carboxylic acids is 2. The smallest absolute Gasteiger partial charge is 0.311 e. The molecular formula is C19H17ClN2O4. The summed E-state index contributed by atoms with van der Waals surface area (Å²) in [5, 5.41) is 11.9. The molecule has 2 aromatic rings. The van der Waals surface area contributed by atoms with E-state index in [4.69, 9.17) is 26.3 Å². The van der Waals surface area contributed by atoms with Crippen LogP contribution in [0.15, 0.2) is 42.5 Å². The van der Waals surface area contributed by atoms with Crippen molar-refractivity contribution in [2.24, 2.45) is 0 Å². The van der Waals surface area contributed by atoms with Gasteiger partial charge >= 0.3 is 5.97 Å². The molecule has 0 saturated heterocycles. The van der Waals surface area contributed by atoms with Crippen molar-refractivity contribution in [3.63, 3.8) is 0 Å². The molecule has 2 rings (SSSR count). The van der Waals surface area contributed by atoms with Crippen molar-refractivity contribution in [2.75, 3.05) is 12.4 Å². The van der Waals surface area contributed by atoms with Crippen molar-refractivity contribution in [1.82, 2.24) is 0 Å². The number of rotatable bonds is 6. The van der Waals surface area contributed by atoms with Crippen LogP contribution in [0.1, 0.15) is 18.1 Å². The van der Waals surface area contributed by atoms with Crippen molar-refractivity contribution in [3.05, 3.63) is 58.6 Å². The summed E-state index contributed by atoms with van der Waals surface area (Å²) in [5.74, 6) is -0.532. The Hall–Kier alpha value is -3.04. The van der Waals surface area contributed by atoms with Gasteiger partial charge in [-0.05, 0) is 49.4 Å². The van der Waals surface area contributed by atoms with Gasteiger partial charge in [0.2, 0.25) is 0 Å². The Balaban J connectivity index is 1.94. The number of hydrogen-bond donors (Lipinski definition) is 1. The van der Waals surface area contributed by atoms with Crippen LogP contribution in [0, 0.1) is 11.3 Å². The zero-order valence-electron chi connectivity index (χ0n) is 14.3. The molecule has 0 spiro atoms. The van der Waals surface area contributed by atoms with Gasteiger partial charge in [0.15, 0.2) is 6.10 Å². The second-order valence-electron chi connectivity index (χ2n) is 5.44. The number of amides is 1. The molecule has 0 fully saturated rings. The van der Waals surface area contributed by atoms with Crippen LogP contribution < -0.4 is 10.1 Å². The normalized spacial score (nSPS) is 11.2. The zero-order chi connectivity index (χ0) is 19.1. The van der Waals surface area contributed by atoms with E-state index in [0.29, 0.717) is 27.6 Å². The first-order chi connectivity index (χ1) is 12.4. The summed E-state index contributed by atoms with van der Waals surface area (Å²) in [6, 6.07) is 13.3. The number of halogens is 1. The molecule has 6 nitrogen and oxygen atoms in total. The Labute approximate surface area is 156 Å². The summed E-state index contributed by atoms with van der Waals surface area (Å²) >= 11 is 5.93. The van der Waals surface area contributed by atoms with E-state index >= 15 is 0 Å². The predicted octanol–water partition coefficient (Wildman–Crippen LogP) is 3.33. The maximum atomic E-state index is 12.1. The number of methoxy groups -OCH3 is 1. The molecule has 0 saturated carbocycles. The third-order valence-corrected chi connectivity index (χ3v) is 3.77. The molecule has 0 aliphatic heterocycles. The van der Waals surface area contributed by atoms with Crippen LogP contribution in [-0.4, -0.2) is 25.1 Å². The summed E-state index contributed by atoms with van der Waals surface area (Å²) in [6.45, 7) is 1.48. The lowest BCUT2D eigenvalue weighted by Crippen LogP contribution is -2.30. The van der Waals surface area contributed by atoms with E-state index in [9.17, 15) is 9.59 Å². The Kier molecular flexibility index (Phi) is 6.59. The molecule has 7 heteroatoms. The van der Waals surface area contributed by atoms with Gasteiger partial charge in [0, 0.05) is 16.3 Å². The summed E-state index contributed by atoms with van der Waals surface area (Å²) in [5.41, 5.74) is 1.57. The van der Waals surface area contributed by atoms with Gasteiger partial charge in [-0.15, -0.1) is 0 Å². The molecule has 0 unspecified atom stereocenters. The second kappa shape index (κ2) is 8.88. The summed E-state index contributed by atoms with van der Waals surface area (Å²) in [4.78, 5) is 24.2. The molecule has 134 valence electrons. The van der Waals surface area contributed by atoms with Gasteiger partial charge in [-0.25, -0.2) is 0 Å². The fourth-order valence-electron chi connectivity index (χ4n) is 2.21. The molecule has 1 amide bonds. The minimum Gasteiger partial charge on any atom is -0.496 e. The zero-order valence-corrected chi connectivity index (χ0v) is 15.0. The van der Waals surface area contributed by atoms with Crippen LogP contribution in [0.25, 0.3) is 0 Å². The van der Waals surface area contributed by atoms with E-state index in [1.54, 1.807) is 42.5 Å². The van der Waals surface area contributed by atoms with Crippen LogP contribution in [-0.2, 0) is 20.7 Å². The third kappa shape index (κ3) is 5.23. The molecule has 26 heavy (non-hydrogen) atoms. The fraction of sp³-hybridized carbons (Fsp3) is 0.211.